The third-order valence-electron chi connectivity index (χ3n) is 3.32. The maximum Gasteiger partial charge on any atom is 0.144 e. The van der Waals surface area contributed by atoms with Gasteiger partial charge in [0, 0.05) is 5.56 Å². The number of rotatable bonds is 3. The van der Waals surface area contributed by atoms with E-state index in [4.69, 9.17) is 21.6 Å². The molecule has 0 spiro atoms. The normalized spacial score (nSPS) is 20.8. The Morgan fingerprint density at radius 1 is 1.19 bits per heavy atom. The Morgan fingerprint density at radius 3 is 2.57 bits per heavy atom. The van der Waals surface area contributed by atoms with E-state index in [0.717, 1.165) is 11.1 Å². The zero-order valence-electron chi connectivity index (χ0n) is 11.4. The molecular formula is C15H14NO3PS. The second kappa shape index (κ2) is 5.58. The van der Waals surface area contributed by atoms with Crippen molar-refractivity contribution in [2.24, 2.45) is 5.16 Å². The first-order valence-corrected chi connectivity index (χ1v) is 9.30. The molecule has 21 heavy (non-hydrogen) atoms. The highest BCUT2D eigenvalue weighted by molar-refractivity contribution is 8.43. The highest BCUT2D eigenvalue weighted by Gasteiger charge is 2.38. The summed E-state index contributed by atoms with van der Waals surface area (Å²) in [6, 6.07) is 14.6. The number of methoxy groups -OCH3 is 1. The zero-order chi connectivity index (χ0) is 14.9. The van der Waals surface area contributed by atoms with E-state index in [-0.39, 0.29) is 5.75 Å². The number of ether oxygens (including phenoxy) is 1. The van der Waals surface area contributed by atoms with Crippen LogP contribution in [0.15, 0.2) is 53.7 Å². The largest absolute Gasteiger partial charge is 0.507 e. The average Bonchev–Trinajstić information content (AvgIpc) is 2.91. The molecule has 0 saturated heterocycles. The Bertz CT molecular complexity index is 690. The van der Waals surface area contributed by atoms with Gasteiger partial charge in [-0.2, -0.15) is 0 Å². The summed E-state index contributed by atoms with van der Waals surface area (Å²) >= 11 is 5.69. The molecule has 1 atom stereocenters. The minimum Gasteiger partial charge on any atom is -0.507 e. The molecule has 0 saturated carbocycles. The van der Waals surface area contributed by atoms with Crippen LogP contribution in [0.1, 0.15) is 5.56 Å². The second-order valence-corrected chi connectivity index (χ2v) is 8.78. The molecule has 1 heterocycles. The lowest BCUT2D eigenvalue weighted by Crippen LogP contribution is -2.13. The van der Waals surface area contributed by atoms with E-state index in [9.17, 15) is 5.11 Å². The number of para-hydroxylation sites is 1. The lowest BCUT2D eigenvalue weighted by molar-refractivity contribution is 0.394. The topological polar surface area (TPSA) is 51.0 Å². The van der Waals surface area contributed by atoms with Crippen LogP contribution in [0.25, 0.3) is 0 Å². The van der Waals surface area contributed by atoms with E-state index in [1.54, 1.807) is 19.2 Å². The molecule has 0 aliphatic carbocycles. The van der Waals surface area contributed by atoms with Crippen LogP contribution >= 0.6 is 6.69 Å². The summed E-state index contributed by atoms with van der Waals surface area (Å²) < 4.78 is 10.7. The molecule has 108 valence electrons. The van der Waals surface area contributed by atoms with Crippen molar-refractivity contribution in [3.05, 3.63) is 54.1 Å². The van der Waals surface area contributed by atoms with Gasteiger partial charge in [0.15, 0.2) is 0 Å². The number of oxime groups is 1. The van der Waals surface area contributed by atoms with Crippen LogP contribution in [0.2, 0.25) is 0 Å². The minimum absolute atomic E-state index is 0.193. The van der Waals surface area contributed by atoms with Crippen LogP contribution in [-0.4, -0.2) is 24.1 Å². The molecule has 3 rings (SSSR count). The van der Waals surface area contributed by atoms with Gasteiger partial charge >= 0.3 is 0 Å². The maximum atomic E-state index is 9.91. The molecule has 1 aliphatic rings. The van der Waals surface area contributed by atoms with Crippen LogP contribution in [-0.2, 0) is 16.9 Å². The minimum atomic E-state index is -2.23. The highest BCUT2D eigenvalue weighted by atomic mass is 32.7. The third-order valence-corrected chi connectivity index (χ3v) is 6.69. The summed E-state index contributed by atoms with van der Waals surface area (Å²) in [5, 5.41) is 15.0. The van der Waals surface area contributed by atoms with Gasteiger partial charge in [0.25, 0.3) is 0 Å². The maximum absolute atomic E-state index is 9.91. The molecule has 0 aromatic heterocycles. The summed E-state index contributed by atoms with van der Waals surface area (Å²) in [6.45, 7) is -2.23. The Labute approximate surface area is 129 Å². The van der Waals surface area contributed by atoms with E-state index < -0.39 is 6.69 Å². The summed E-state index contributed by atoms with van der Waals surface area (Å²) in [4.78, 5) is 0. The standard InChI is InChI=1S/C15H14NO3PS/c1-18-11-6-8-12(9-7-11)20(21)10-14(16-19-20)13-4-2-3-5-15(13)17/h2-9,17H,10H2,1H3. The molecular weight excluding hydrogens is 305 g/mol. The lowest BCUT2D eigenvalue weighted by Gasteiger charge is -2.22. The Hall–Kier alpha value is -1.71. The average molecular weight is 319 g/mol. The van der Waals surface area contributed by atoms with Crippen LogP contribution < -0.4 is 10.0 Å². The summed E-state index contributed by atoms with van der Waals surface area (Å²) in [5.74, 6) is 0.972. The SMILES string of the molecule is COc1ccc([P+]2([S-])CC(c3ccccc3O)=NO2)cc1. The predicted octanol–water partition coefficient (Wildman–Crippen LogP) is 2.86. The molecule has 0 radical (unpaired) electrons. The lowest BCUT2D eigenvalue weighted by atomic mass is 10.1. The molecule has 0 amide bonds. The van der Waals surface area contributed by atoms with Gasteiger partial charge in [0.1, 0.15) is 35.4 Å². The Kier molecular flexibility index (Phi) is 3.79. The Morgan fingerprint density at radius 2 is 1.90 bits per heavy atom. The number of phenolic OH excluding ortho intramolecular Hbond substituents is 1. The van der Waals surface area contributed by atoms with E-state index in [2.05, 4.69) is 5.16 Å². The smallest absolute Gasteiger partial charge is 0.144 e. The molecule has 0 bridgehead atoms. The third kappa shape index (κ3) is 2.71. The fraction of sp³-hybridized carbons (Fsp3) is 0.133. The molecule has 0 fully saturated rings. The number of phenols is 1. The van der Waals surface area contributed by atoms with Crippen molar-refractivity contribution in [1.82, 2.24) is 0 Å². The first kappa shape index (κ1) is 14.2. The van der Waals surface area contributed by atoms with E-state index in [1.165, 1.54) is 0 Å². The van der Waals surface area contributed by atoms with E-state index in [1.807, 2.05) is 36.4 Å². The van der Waals surface area contributed by atoms with Crippen LogP contribution in [0.5, 0.6) is 11.5 Å². The number of aromatic hydroxyl groups is 1. The van der Waals surface area contributed by atoms with Crippen molar-refractivity contribution >= 4 is 30.0 Å². The zero-order valence-corrected chi connectivity index (χ0v) is 13.1. The molecule has 2 aromatic rings. The van der Waals surface area contributed by atoms with Crippen molar-refractivity contribution in [2.45, 2.75) is 0 Å². The van der Waals surface area contributed by atoms with Crippen molar-refractivity contribution in [1.29, 1.82) is 0 Å². The van der Waals surface area contributed by atoms with Crippen molar-refractivity contribution in [3.63, 3.8) is 0 Å². The second-order valence-electron chi connectivity index (χ2n) is 4.67. The number of hydrogen-bond acceptors (Lipinski definition) is 5. The van der Waals surface area contributed by atoms with Crippen LogP contribution in [0.3, 0.4) is 0 Å². The summed E-state index contributed by atoms with van der Waals surface area (Å²) in [6.07, 6.45) is 0.534. The van der Waals surface area contributed by atoms with Crippen molar-refractivity contribution < 1.29 is 14.5 Å². The molecule has 6 heteroatoms. The van der Waals surface area contributed by atoms with Crippen molar-refractivity contribution in [2.75, 3.05) is 13.3 Å². The van der Waals surface area contributed by atoms with Gasteiger partial charge in [-0.3, -0.25) is 4.62 Å². The molecule has 1 aliphatic heterocycles. The molecule has 4 nitrogen and oxygen atoms in total. The highest BCUT2D eigenvalue weighted by Crippen LogP contribution is 2.60. The van der Waals surface area contributed by atoms with Gasteiger partial charge in [-0.1, -0.05) is 12.1 Å². The molecule has 2 aromatic carbocycles. The molecule has 1 unspecified atom stereocenters. The quantitative estimate of drug-likeness (QED) is 0.698. The Balaban J connectivity index is 1.85. The number of hydrogen-bond donors (Lipinski definition) is 1. The van der Waals surface area contributed by atoms with E-state index in [0.29, 0.717) is 17.4 Å². The monoisotopic (exact) mass is 319 g/mol. The van der Waals surface area contributed by atoms with Gasteiger partial charge in [0.2, 0.25) is 0 Å². The molecule has 1 N–H and O–H groups in total. The first-order valence-electron chi connectivity index (χ1n) is 6.40. The summed E-state index contributed by atoms with van der Waals surface area (Å²) in [5.41, 5.74) is 1.38. The van der Waals surface area contributed by atoms with Gasteiger partial charge in [-0.25, -0.2) is 0 Å². The number of benzene rings is 2. The summed E-state index contributed by atoms with van der Waals surface area (Å²) in [7, 11) is 1.62. The van der Waals surface area contributed by atoms with Gasteiger partial charge in [-0.05, 0) is 41.6 Å². The van der Waals surface area contributed by atoms with Crippen LogP contribution in [0, 0.1) is 0 Å². The van der Waals surface area contributed by atoms with Gasteiger partial charge in [0.05, 0.1) is 7.11 Å². The van der Waals surface area contributed by atoms with Gasteiger partial charge in [-0.15, -0.1) is 0 Å². The van der Waals surface area contributed by atoms with Crippen molar-refractivity contribution in [3.8, 4) is 11.5 Å². The fourth-order valence-electron chi connectivity index (χ4n) is 2.17. The predicted molar refractivity (Wildman–Crippen MR) is 87.5 cm³/mol. The number of nitrogens with zero attached hydrogens (tertiary/aromatic N) is 1. The first-order chi connectivity index (χ1) is 10.1. The van der Waals surface area contributed by atoms with E-state index >= 15 is 0 Å². The van der Waals surface area contributed by atoms with Crippen LogP contribution in [0.4, 0.5) is 0 Å². The fourth-order valence-corrected chi connectivity index (χ4v) is 4.79. The van der Waals surface area contributed by atoms with Gasteiger partial charge < -0.3 is 22.1 Å².